The van der Waals surface area contributed by atoms with Gasteiger partial charge < -0.3 is 9.15 Å². The van der Waals surface area contributed by atoms with Crippen molar-refractivity contribution in [2.75, 3.05) is 0 Å². The molecular formula is C12H7Br2N3O2S. The van der Waals surface area contributed by atoms with Gasteiger partial charge in [-0.15, -0.1) is 5.10 Å². The van der Waals surface area contributed by atoms with Gasteiger partial charge in [-0.05, 0) is 40.3 Å². The van der Waals surface area contributed by atoms with E-state index in [1.54, 1.807) is 6.20 Å². The second-order valence-corrected chi connectivity index (χ2v) is 5.94. The highest BCUT2D eigenvalue weighted by molar-refractivity contribution is 9.11. The van der Waals surface area contributed by atoms with Crippen molar-refractivity contribution in [2.24, 2.45) is 0 Å². The lowest BCUT2D eigenvalue weighted by Crippen LogP contribution is -1.98. The van der Waals surface area contributed by atoms with Crippen LogP contribution in [0, 0.1) is 4.84 Å². The summed E-state index contributed by atoms with van der Waals surface area (Å²) in [4.78, 5) is 4.58. The molecule has 1 N–H and O–H groups in total. The molecule has 102 valence electrons. The van der Waals surface area contributed by atoms with E-state index in [2.05, 4.69) is 47.0 Å². The second kappa shape index (κ2) is 5.63. The Balaban J connectivity index is 2.00. The van der Waals surface area contributed by atoms with E-state index in [1.807, 2.05) is 18.2 Å². The lowest BCUT2D eigenvalue weighted by Gasteiger charge is -2.10. The first kappa shape index (κ1) is 13.7. The molecule has 0 unspecified atom stereocenters. The maximum atomic E-state index is 5.75. The van der Waals surface area contributed by atoms with Crippen molar-refractivity contribution in [1.29, 1.82) is 0 Å². The van der Waals surface area contributed by atoms with E-state index in [0.717, 1.165) is 19.8 Å². The monoisotopic (exact) mass is 415 g/mol. The first-order chi connectivity index (χ1) is 9.65. The van der Waals surface area contributed by atoms with Crippen molar-refractivity contribution in [3.05, 3.63) is 44.1 Å². The van der Waals surface area contributed by atoms with Gasteiger partial charge in [-0.3, -0.25) is 4.98 Å². The van der Waals surface area contributed by atoms with Crippen LogP contribution in [0.3, 0.4) is 0 Å². The Kier molecular flexibility index (Phi) is 3.86. The largest absolute Gasteiger partial charge is 0.480 e. The Morgan fingerprint density at radius 3 is 2.95 bits per heavy atom. The molecule has 0 aliphatic rings. The van der Waals surface area contributed by atoms with E-state index >= 15 is 0 Å². The number of pyridine rings is 1. The molecule has 2 aromatic heterocycles. The summed E-state index contributed by atoms with van der Waals surface area (Å²) in [6, 6.07) is 5.75. The number of benzene rings is 1. The number of hydrogen-bond donors (Lipinski definition) is 1. The lowest BCUT2D eigenvalue weighted by molar-refractivity contribution is 0.262. The van der Waals surface area contributed by atoms with Crippen molar-refractivity contribution in [3.63, 3.8) is 0 Å². The Hall–Kier alpha value is -1.25. The molecule has 0 amide bonds. The van der Waals surface area contributed by atoms with Crippen molar-refractivity contribution in [3.8, 4) is 5.75 Å². The number of nitrogens with zero attached hydrogens (tertiary/aromatic N) is 2. The quantitative estimate of drug-likeness (QED) is 0.641. The predicted octanol–water partition coefficient (Wildman–Crippen LogP) is 4.38. The number of halogens is 2. The molecule has 0 fully saturated rings. The lowest BCUT2D eigenvalue weighted by atomic mass is 10.2. The summed E-state index contributed by atoms with van der Waals surface area (Å²) in [5, 5.41) is 7.41. The van der Waals surface area contributed by atoms with Gasteiger partial charge in [-0.1, -0.05) is 22.0 Å². The summed E-state index contributed by atoms with van der Waals surface area (Å²) in [6.45, 7) is 0.166. The maximum Gasteiger partial charge on any atom is 0.284 e. The van der Waals surface area contributed by atoms with Crippen LogP contribution in [0.5, 0.6) is 5.75 Å². The van der Waals surface area contributed by atoms with E-state index in [9.17, 15) is 0 Å². The van der Waals surface area contributed by atoms with Crippen LogP contribution >= 0.6 is 44.1 Å². The topological polar surface area (TPSA) is 63.9 Å². The number of aromatic nitrogens is 3. The average molecular weight is 417 g/mol. The van der Waals surface area contributed by atoms with E-state index in [-0.39, 0.29) is 11.4 Å². The second-order valence-electron chi connectivity index (χ2n) is 3.86. The van der Waals surface area contributed by atoms with Crippen molar-refractivity contribution >= 4 is 55.0 Å². The molecular weight excluding hydrogens is 410 g/mol. The van der Waals surface area contributed by atoms with E-state index in [4.69, 9.17) is 21.4 Å². The van der Waals surface area contributed by atoms with Crippen LogP contribution in [-0.2, 0) is 6.61 Å². The highest BCUT2D eigenvalue weighted by Gasteiger charge is 2.13. The van der Waals surface area contributed by atoms with Gasteiger partial charge in [-0.2, -0.15) is 0 Å². The number of hydrogen-bond acceptors (Lipinski definition) is 5. The summed E-state index contributed by atoms with van der Waals surface area (Å²) >= 11 is 11.8. The normalized spacial score (nSPS) is 10.9. The fourth-order valence-corrected chi connectivity index (χ4v) is 3.27. The Morgan fingerprint density at radius 1 is 1.35 bits per heavy atom. The van der Waals surface area contributed by atoms with E-state index < -0.39 is 0 Å². The van der Waals surface area contributed by atoms with Gasteiger partial charge >= 0.3 is 0 Å². The molecule has 5 nitrogen and oxygen atoms in total. The van der Waals surface area contributed by atoms with Crippen LogP contribution in [0.25, 0.3) is 10.9 Å². The molecule has 3 aromatic rings. The molecule has 0 saturated carbocycles. The van der Waals surface area contributed by atoms with Crippen LogP contribution in [-0.4, -0.2) is 15.2 Å². The summed E-state index contributed by atoms with van der Waals surface area (Å²) in [7, 11) is 0. The Morgan fingerprint density at radius 2 is 2.20 bits per heavy atom. The van der Waals surface area contributed by atoms with Crippen molar-refractivity contribution in [2.45, 2.75) is 6.61 Å². The molecule has 0 aliphatic heterocycles. The number of aromatic amines is 1. The molecule has 0 aliphatic carbocycles. The minimum Gasteiger partial charge on any atom is -0.480 e. The first-order valence-electron chi connectivity index (χ1n) is 5.55. The van der Waals surface area contributed by atoms with Gasteiger partial charge in [0.1, 0.15) is 5.52 Å². The molecule has 0 saturated heterocycles. The van der Waals surface area contributed by atoms with Crippen LogP contribution in [0.1, 0.15) is 5.89 Å². The van der Waals surface area contributed by atoms with Gasteiger partial charge in [0.2, 0.25) is 0 Å². The molecule has 2 heterocycles. The van der Waals surface area contributed by atoms with Gasteiger partial charge in [0.15, 0.2) is 12.4 Å². The fraction of sp³-hybridized carbons (Fsp3) is 0.0833. The summed E-state index contributed by atoms with van der Waals surface area (Å²) in [5.41, 5.74) is 0.753. The molecule has 0 bridgehead atoms. The minimum absolute atomic E-state index is 0.166. The standard InChI is InChI=1S/C12H7Br2N3O2S/c13-7-4-8(14)11(10-6(7)2-1-3-15-10)18-5-9-16-17-12(20)19-9/h1-4H,5H2,(H,17,20). The SMILES string of the molecule is S=c1[nH]nc(COc2c(Br)cc(Br)c3cccnc23)o1. The molecule has 0 atom stereocenters. The summed E-state index contributed by atoms with van der Waals surface area (Å²) in [6.07, 6.45) is 1.72. The zero-order valence-corrected chi connectivity index (χ0v) is 13.9. The molecule has 3 rings (SSSR count). The zero-order chi connectivity index (χ0) is 14.1. The summed E-state index contributed by atoms with van der Waals surface area (Å²) in [5.74, 6) is 1.02. The van der Waals surface area contributed by atoms with E-state index in [0.29, 0.717) is 11.6 Å². The fourth-order valence-electron chi connectivity index (χ4n) is 1.74. The molecule has 20 heavy (non-hydrogen) atoms. The average Bonchev–Trinajstić information content (AvgIpc) is 2.84. The Bertz CT molecular complexity index is 831. The molecule has 0 radical (unpaired) electrons. The van der Waals surface area contributed by atoms with Gasteiger partial charge in [0.05, 0.1) is 4.47 Å². The van der Waals surface area contributed by atoms with Crippen molar-refractivity contribution in [1.82, 2.24) is 15.2 Å². The minimum atomic E-state index is 0.166. The van der Waals surface area contributed by atoms with Crippen LogP contribution in [0.15, 0.2) is 37.8 Å². The highest BCUT2D eigenvalue weighted by atomic mass is 79.9. The third-order valence-electron chi connectivity index (χ3n) is 2.57. The number of rotatable bonds is 3. The van der Waals surface area contributed by atoms with E-state index in [1.165, 1.54) is 0 Å². The maximum absolute atomic E-state index is 5.75. The van der Waals surface area contributed by atoms with Crippen molar-refractivity contribution < 1.29 is 9.15 Å². The van der Waals surface area contributed by atoms with Crippen LogP contribution < -0.4 is 4.74 Å². The number of H-pyrrole nitrogens is 1. The third-order valence-corrected chi connectivity index (χ3v) is 3.99. The Labute approximate surface area is 135 Å². The van der Waals surface area contributed by atoms with Crippen LogP contribution in [0.2, 0.25) is 0 Å². The highest BCUT2D eigenvalue weighted by Crippen LogP contribution is 2.37. The van der Waals surface area contributed by atoms with Gasteiger partial charge in [0.25, 0.3) is 10.7 Å². The number of fused-ring (bicyclic) bond motifs is 1. The first-order valence-corrected chi connectivity index (χ1v) is 7.54. The number of ether oxygens (including phenoxy) is 1. The predicted molar refractivity (Wildman–Crippen MR) is 83.2 cm³/mol. The number of nitrogens with one attached hydrogen (secondary N) is 1. The van der Waals surface area contributed by atoms with Crippen LogP contribution in [0.4, 0.5) is 0 Å². The zero-order valence-electron chi connectivity index (χ0n) is 9.89. The van der Waals surface area contributed by atoms with Gasteiger partial charge in [0, 0.05) is 16.1 Å². The molecule has 1 aromatic carbocycles. The summed E-state index contributed by atoms with van der Waals surface area (Å²) < 4.78 is 12.6. The molecule has 8 heteroatoms. The molecule has 0 spiro atoms. The van der Waals surface area contributed by atoms with Gasteiger partial charge in [-0.25, -0.2) is 5.10 Å². The third kappa shape index (κ3) is 2.63. The smallest absolute Gasteiger partial charge is 0.284 e.